The summed E-state index contributed by atoms with van der Waals surface area (Å²) in [6.07, 6.45) is 1.70. The van der Waals surface area contributed by atoms with Crippen LogP contribution in [0.5, 0.6) is 11.6 Å². The SMILES string of the molecule is CCCCOC(=O)NC(Cc1ccccc1)C(=O)N1CCc2nc(Nc3ccc(C#N)cc3)nc(Oc3c(C)cc(C#N)cc3C)c2C1. The van der Waals surface area contributed by atoms with E-state index in [4.69, 9.17) is 19.4 Å². The molecule has 0 saturated heterocycles. The number of amides is 2. The number of nitriles is 2. The number of hydrogen-bond donors (Lipinski definition) is 2. The zero-order chi connectivity index (χ0) is 34.0. The molecule has 1 aromatic heterocycles. The average Bonchev–Trinajstić information content (AvgIpc) is 3.09. The summed E-state index contributed by atoms with van der Waals surface area (Å²) in [6.45, 7) is 6.54. The summed E-state index contributed by atoms with van der Waals surface area (Å²) in [7, 11) is 0. The zero-order valence-electron chi connectivity index (χ0n) is 27.2. The van der Waals surface area contributed by atoms with Crippen LogP contribution in [0.4, 0.5) is 16.4 Å². The van der Waals surface area contributed by atoms with E-state index in [9.17, 15) is 20.1 Å². The van der Waals surface area contributed by atoms with Crippen LogP contribution in [0.15, 0.2) is 66.7 Å². The molecule has 3 aromatic carbocycles. The highest BCUT2D eigenvalue weighted by Gasteiger charge is 2.32. The topological polar surface area (TPSA) is 153 Å². The fourth-order valence-electron chi connectivity index (χ4n) is 5.51. The lowest BCUT2D eigenvalue weighted by atomic mass is 10.0. The molecule has 244 valence electrons. The first-order valence-electron chi connectivity index (χ1n) is 15.9. The van der Waals surface area contributed by atoms with Gasteiger partial charge < -0.3 is 25.0 Å². The van der Waals surface area contributed by atoms with Crippen molar-refractivity contribution < 1.29 is 19.1 Å². The number of aryl methyl sites for hydroxylation is 2. The maximum absolute atomic E-state index is 14.1. The van der Waals surface area contributed by atoms with E-state index in [1.807, 2.05) is 51.1 Å². The highest BCUT2D eigenvalue weighted by atomic mass is 16.5. The second-order valence-corrected chi connectivity index (χ2v) is 11.6. The molecule has 2 N–H and O–H groups in total. The van der Waals surface area contributed by atoms with E-state index >= 15 is 0 Å². The number of fused-ring (bicyclic) bond motifs is 1. The number of anilines is 2. The van der Waals surface area contributed by atoms with Crippen molar-refractivity contribution in [3.8, 4) is 23.8 Å². The van der Waals surface area contributed by atoms with Gasteiger partial charge in [-0.3, -0.25) is 4.79 Å². The Hall–Kier alpha value is -5.94. The molecular weight excluding hydrogens is 606 g/mol. The summed E-state index contributed by atoms with van der Waals surface area (Å²) in [5, 5.41) is 24.6. The summed E-state index contributed by atoms with van der Waals surface area (Å²) in [6, 6.07) is 23.4. The average molecular weight is 644 g/mol. The van der Waals surface area contributed by atoms with E-state index < -0.39 is 12.1 Å². The van der Waals surface area contributed by atoms with Gasteiger partial charge in [0, 0.05) is 25.1 Å². The molecule has 0 radical (unpaired) electrons. The smallest absolute Gasteiger partial charge is 0.407 e. The number of nitrogens with one attached hydrogen (secondary N) is 2. The predicted octanol–water partition coefficient (Wildman–Crippen LogP) is 6.40. The van der Waals surface area contributed by atoms with Crippen molar-refractivity contribution in [3.63, 3.8) is 0 Å². The van der Waals surface area contributed by atoms with Crippen molar-refractivity contribution in [3.05, 3.63) is 106 Å². The van der Waals surface area contributed by atoms with Crippen molar-refractivity contribution in [2.24, 2.45) is 0 Å². The van der Waals surface area contributed by atoms with E-state index in [2.05, 4.69) is 22.8 Å². The van der Waals surface area contributed by atoms with Gasteiger partial charge in [0.15, 0.2) is 0 Å². The fourth-order valence-corrected chi connectivity index (χ4v) is 5.51. The monoisotopic (exact) mass is 643 g/mol. The molecule has 0 bridgehead atoms. The lowest BCUT2D eigenvalue weighted by molar-refractivity contribution is -0.134. The Labute approximate surface area is 280 Å². The van der Waals surface area contributed by atoms with Gasteiger partial charge >= 0.3 is 6.09 Å². The molecule has 1 unspecified atom stereocenters. The lowest BCUT2D eigenvalue weighted by Gasteiger charge is -2.32. The summed E-state index contributed by atoms with van der Waals surface area (Å²) in [5.74, 6) is 0.876. The van der Waals surface area contributed by atoms with Gasteiger partial charge in [0.05, 0.1) is 47.7 Å². The molecule has 48 heavy (non-hydrogen) atoms. The van der Waals surface area contributed by atoms with E-state index in [0.717, 1.165) is 35.2 Å². The normalized spacial score (nSPS) is 12.6. The van der Waals surface area contributed by atoms with E-state index in [1.54, 1.807) is 41.3 Å². The summed E-state index contributed by atoms with van der Waals surface area (Å²) in [5.41, 5.74) is 5.53. The van der Waals surface area contributed by atoms with Gasteiger partial charge in [-0.1, -0.05) is 43.7 Å². The quantitative estimate of drug-likeness (QED) is 0.177. The highest BCUT2D eigenvalue weighted by molar-refractivity contribution is 5.86. The fraction of sp³-hybridized carbons (Fsp3) is 0.297. The van der Waals surface area contributed by atoms with Gasteiger partial charge in [-0.15, -0.1) is 0 Å². The van der Waals surface area contributed by atoms with Gasteiger partial charge in [-0.25, -0.2) is 9.78 Å². The standard InChI is InChI=1S/C37H37N7O4/c1-4-5-17-47-37(46)42-32(20-26-9-7-6-8-10-26)35(45)44-16-15-31-30(23-44)34(48-33-24(2)18-28(22-39)19-25(33)3)43-36(41-31)40-29-13-11-27(21-38)12-14-29/h6-14,18-19,32H,4-5,15-17,20,23H2,1-3H3,(H,42,46)(H,40,41,43). The van der Waals surface area contributed by atoms with Crippen molar-refractivity contribution >= 4 is 23.6 Å². The molecule has 0 spiro atoms. The van der Waals surface area contributed by atoms with E-state index in [0.29, 0.717) is 53.5 Å². The number of nitrogens with zero attached hydrogens (tertiary/aromatic N) is 5. The first-order chi connectivity index (χ1) is 23.3. The molecule has 2 heterocycles. The van der Waals surface area contributed by atoms with E-state index in [1.165, 1.54) is 0 Å². The maximum atomic E-state index is 14.1. The van der Waals surface area contributed by atoms with Crippen LogP contribution in [0.25, 0.3) is 0 Å². The van der Waals surface area contributed by atoms with Crippen molar-refractivity contribution in [1.29, 1.82) is 10.5 Å². The number of carbonyl (C=O) groups is 2. The van der Waals surface area contributed by atoms with Gasteiger partial charge in [0.1, 0.15) is 11.8 Å². The minimum Gasteiger partial charge on any atom is -0.450 e. The summed E-state index contributed by atoms with van der Waals surface area (Å²) < 4.78 is 11.8. The van der Waals surface area contributed by atoms with Crippen LogP contribution in [-0.4, -0.2) is 46.1 Å². The number of aromatic nitrogens is 2. The third kappa shape index (κ3) is 8.25. The number of rotatable bonds is 11. The number of ether oxygens (including phenoxy) is 2. The van der Waals surface area contributed by atoms with Crippen LogP contribution in [0, 0.1) is 36.5 Å². The molecule has 0 saturated carbocycles. The number of hydrogen-bond acceptors (Lipinski definition) is 9. The molecule has 1 aliphatic heterocycles. The van der Waals surface area contributed by atoms with Crippen LogP contribution in [-0.2, 0) is 28.9 Å². The van der Waals surface area contributed by atoms with Gasteiger partial charge in [0.25, 0.3) is 0 Å². The molecule has 5 rings (SSSR count). The van der Waals surface area contributed by atoms with Gasteiger partial charge in [0.2, 0.25) is 17.7 Å². The minimum absolute atomic E-state index is 0.160. The number of carbonyl (C=O) groups excluding carboxylic acids is 2. The molecule has 11 heteroatoms. The number of unbranched alkanes of at least 4 members (excludes halogenated alkanes) is 1. The Morgan fingerprint density at radius 2 is 1.69 bits per heavy atom. The molecule has 0 fully saturated rings. The van der Waals surface area contributed by atoms with Crippen LogP contribution >= 0.6 is 0 Å². The zero-order valence-corrected chi connectivity index (χ0v) is 27.2. The Morgan fingerprint density at radius 1 is 0.979 bits per heavy atom. The van der Waals surface area contributed by atoms with Crippen LogP contribution in [0.2, 0.25) is 0 Å². The van der Waals surface area contributed by atoms with Crippen molar-refractivity contribution in [1.82, 2.24) is 20.2 Å². The summed E-state index contributed by atoms with van der Waals surface area (Å²) >= 11 is 0. The predicted molar refractivity (Wildman–Crippen MR) is 180 cm³/mol. The van der Waals surface area contributed by atoms with E-state index in [-0.39, 0.29) is 24.9 Å². The third-order valence-corrected chi connectivity index (χ3v) is 8.00. The molecule has 1 atom stereocenters. The lowest BCUT2D eigenvalue weighted by Crippen LogP contribution is -2.51. The van der Waals surface area contributed by atoms with Crippen LogP contribution in [0.1, 0.15) is 58.8 Å². The molecule has 2 amide bonds. The first-order valence-corrected chi connectivity index (χ1v) is 15.9. The highest BCUT2D eigenvalue weighted by Crippen LogP contribution is 2.35. The first kappa shape index (κ1) is 33.4. The Balaban J connectivity index is 1.46. The number of alkyl carbamates (subject to hydrolysis) is 1. The van der Waals surface area contributed by atoms with Crippen LogP contribution < -0.4 is 15.4 Å². The Morgan fingerprint density at radius 3 is 2.35 bits per heavy atom. The second kappa shape index (κ2) is 15.6. The molecule has 0 aliphatic carbocycles. The molecular formula is C37H37N7O4. The van der Waals surface area contributed by atoms with Gasteiger partial charge in [-0.05, 0) is 73.4 Å². The molecule has 1 aliphatic rings. The van der Waals surface area contributed by atoms with Crippen molar-refractivity contribution in [2.75, 3.05) is 18.5 Å². The van der Waals surface area contributed by atoms with Crippen molar-refractivity contribution in [2.45, 2.75) is 59.0 Å². The van der Waals surface area contributed by atoms with Gasteiger partial charge in [-0.2, -0.15) is 15.5 Å². The molecule has 11 nitrogen and oxygen atoms in total. The maximum Gasteiger partial charge on any atom is 0.407 e. The largest absolute Gasteiger partial charge is 0.450 e. The molecule has 4 aromatic rings. The summed E-state index contributed by atoms with van der Waals surface area (Å²) in [4.78, 5) is 38.0. The third-order valence-electron chi connectivity index (χ3n) is 8.00. The Bertz CT molecular complexity index is 1840. The van der Waals surface area contributed by atoms with Crippen LogP contribution in [0.3, 0.4) is 0 Å². The Kier molecular flexibility index (Phi) is 10.8. The second-order valence-electron chi connectivity index (χ2n) is 11.6. The minimum atomic E-state index is -0.853. The number of benzene rings is 3.